The Balaban J connectivity index is 2.22. The lowest BCUT2D eigenvalue weighted by atomic mass is 9.97. The van der Waals surface area contributed by atoms with Crippen molar-refractivity contribution in [2.24, 2.45) is 5.92 Å². The van der Waals surface area contributed by atoms with Crippen molar-refractivity contribution in [1.29, 1.82) is 0 Å². The van der Waals surface area contributed by atoms with Crippen LogP contribution in [0.3, 0.4) is 0 Å². The van der Waals surface area contributed by atoms with Gasteiger partial charge in [-0.05, 0) is 5.92 Å². The highest BCUT2D eigenvalue weighted by molar-refractivity contribution is 7.04. The molecule has 0 aliphatic rings. The maximum atomic E-state index is 13.8. The van der Waals surface area contributed by atoms with Crippen molar-refractivity contribution < 1.29 is 4.79 Å². The van der Waals surface area contributed by atoms with E-state index in [1.54, 1.807) is 0 Å². The van der Waals surface area contributed by atoms with E-state index in [9.17, 15) is 4.79 Å². The van der Waals surface area contributed by atoms with Gasteiger partial charge in [0.25, 0.3) is 0 Å². The highest BCUT2D eigenvalue weighted by Gasteiger charge is 2.46. The summed E-state index contributed by atoms with van der Waals surface area (Å²) in [5, 5.41) is 2.65. The summed E-state index contributed by atoms with van der Waals surface area (Å²) in [7, 11) is -2.31. The summed E-state index contributed by atoms with van der Waals surface area (Å²) >= 11 is 0. The van der Waals surface area contributed by atoms with Gasteiger partial charge in [-0.3, -0.25) is 4.79 Å². The lowest BCUT2D eigenvalue weighted by Crippen LogP contribution is -2.62. The van der Waals surface area contributed by atoms with Gasteiger partial charge in [0.2, 0.25) is 0 Å². The molecule has 0 aliphatic heterocycles. The van der Waals surface area contributed by atoms with E-state index in [1.165, 1.54) is 10.4 Å². The smallest absolute Gasteiger partial charge is 0.164 e. The fourth-order valence-corrected chi connectivity index (χ4v) is 9.09. The van der Waals surface area contributed by atoms with Crippen LogP contribution >= 0.6 is 0 Å². The zero-order chi connectivity index (χ0) is 19.3. The normalized spacial score (nSPS) is 13.7. The first-order valence-electron chi connectivity index (χ1n) is 9.79. The van der Waals surface area contributed by atoms with Crippen LogP contribution in [-0.4, -0.2) is 13.9 Å². The third kappa shape index (κ3) is 3.81. The fraction of sp³-hybridized carbons (Fsp3) is 0.240. The molecule has 0 saturated carbocycles. The predicted octanol–water partition coefficient (Wildman–Crippen LogP) is 5.18. The summed E-state index contributed by atoms with van der Waals surface area (Å²) in [5.41, 5.74) is 0.822. The monoisotopic (exact) mass is 372 g/mol. The van der Waals surface area contributed by atoms with Crippen LogP contribution in [0.25, 0.3) is 0 Å². The number of carbonyl (C=O) groups is 1. The molecule has 138 valence electrons. The summed E-state index contributed by atoms with van der Waals surface area (Å²) in [6.45, 7) is 6.80. The van der Waals surface area contributed by atoms with Gasteiger partial charge in [-0.2, -0.15) is 0 Å². The number of benzene rings is 3. The molecule has 3 aromatic rings. The first kappa shape index (κ1) is 19.3. The Morgan fingerprint density at radius 1 is 0.778 bits per heavy atom. The average molecular weight is 373 g/mol. The van der Waals surface area contributed by atoms with Gasteiger partial charge in [0.1, 0.15) is 8.07 Å². The van der Waals surface area contributed by atoms with Gasteiger partial charge < -0.3 is 0 Å². The minimum absolute atomic E-state index is 0.00491. The Kier molecular flexibility index (Phi) is 6.07. The molecule has 0 bridgehead atoms. The van der Waals surface area contributed by atoms with E-state index in [1.807, 2.05) is 30.3 Å². The molecule has 0 aliphatic carbocycles. The summed E-state index contributed by atoms with van der Waals surface area (Å²) in [5.74, 6) is 0.599. The molecule has 27 heavy (non-hydrogen) atoms. The second kappa shape index (κ2) is 8.49. The van der Waals surface area contributed by atoms with Crippen LogP contribution in [0.4, 0.5) is 0 Å². The predicted molar refractivity (Wildman–Crippen MR) is 118 cm³/mol. The minimum atomic E-state index is -2.31. The van der Waals surface area contributed by atoms with Gasteiger partial charge in [0.05, 0.1) is 0 Å². The molecule has 3 rings (SSSR count). The van der Waals surface area contributed by atoms with Crippen molar-refractivity contribution in [3.63, 3.8) is 0 Å². The molecule has 0 spiro atoms. The molecule has 0 radical (unpaired) electrons. The number of ketones is 1. The second-order valence-corrected chi connectivity index (χ2v) is 11.7. The van der Waals surface area contributed by atoms with Crippen molar-refractivity contribution in [1.82, 2.24) is 0 Å². The SMILES string of the molecule is CCC(C)C(C(=O)c1ccccc1)[Si](C)(c1ccccc1)c1ccccc1. The second-order valence-electron chi connectivity index (χ2n) is 7.53. The lowest BCUT2D eigenvalue weighted by Gasteiger charge is -2.39. The van der Waals surface area contributed by atoms with E-state index in [0.717, 1.165) is 12.0 Å². The van der Waals surface area contributed by atoms with Gasteiger partial charge in [-0.25, -0.2) is 0 Å². The zero-order valence-corrected chi connectivity index (χ0v) is 17.4. The van der Waals surface area contributed by atoms with Gasteiger partial charge in [-0.15, -0.1) is 0 Å². The third-order valence-electron chi connectivity index (χ3n) is 5.92. The number of rotatable bonds is 7. The van der Waals surface area contributed by atoms with Crippen LogP contribution in [0.2, 0.25) is 12.1 Å². The molecular weight excluding hydrogens is 344 g/mol. The van der Waals surface area contributed by atoms with E-state index < -0.39 is 8.07 Å². The van der Waals surface area contributed by atoms with Crippen molar-refractivity contribution >= 4 is 24.2 Å². The van der Waals surface area contributed by atoms with Gasteiger partial charge in [-0.1, -0.05) is 128 Å². The molecule has 0 N–H and O–H groups in total. The van der Waals surface area contributed by atoms with Gasteiger partial charge >= 0.3 is 0 Å². The summed E-state index contributed by atoms with van der Waals surface area (Å²) in [4.78, 5) is 13.8. The molecule has 0 amide bonds. The number of Topliss-reactive ketones (excluding diaryl/α,β-unsaturated/α-hetero) is 1. The number of hydrogen-bond acceptors (Lipinski definition) is 1. The molecule has 0 fully saturated rings. The molecule has 1 nitrogen and oxygen atoms in total. The van der Waals surface area contributed by atoms with E-state index in [4.69, 9.17) is 0 Å². The van der Waals surface area contributed by atoms with Crippen LogP contribution < -0.4 is 10.4 Å². The van der Waals surface area contributed by atoms with Crippen molar-refractivity contribution in [3.05, 3.63) is 96.6 Å². The van der Waals surface area contributed by atoms with Crippen LogP contribution in [0.15, 0.2) is 91.0 Å². The Hall–Kier alpha value is -2.45. The standard InChI is InChI=1S/C25H28OSi/c1-4-20(2)25(24(26)21-14-8-5-9-15-21)27(3,22-16-10-6-11-17-22)23-18-12-7-13-19-23/h5-20,25H,4H2,1-3H3. The average Bonchev–Trinajstić information content (AvgIpc) is 2.75. The molecule has 2 atom stereocenters. The Bertz CT molecular complexity index is 819. The van der Waals surface area contributed by atoms with E-state index >= 15 is 0 Å². The Morgan fingerprint density at radius 2 is 1.19 bits per heavy atom. The fourth-order valence-electron chi connectivity index (χ4n) is 4.20. The van der Waals surface area contributed by atoms with Crippen LogP contribution in [0.1, 0.15) is 30.6 Å². The maximum absolute atomic E-state index is 13.8. The van der Waals surface area contributed by atoms with E-state index in [-0.39, 0.29) is 11.3 Å². The summed E-state index contributed by atoms with van der Waals surface area (Å²) in [6.07, 6.45) is 0.992. The molecule has 2 unspecified atom stereocenters. The number of carbonyl (C=O) groups excluding carboxylic acids is 1. The molecule has 3 aromatic carbocycles. The van der Waals surface area contributed by atoms with Crippen LogP contribution in [-0.2, 0) is 0 Å². The van der Waals surface area contributed by atoms with Crippen LogP contribution in [0, 0.1) is 5.92 Å². The molecule has 0 heterocycles. The molecule has 0 aromatic heterocycles. The number of hydrogen-bond donors (Lipinski definition) is 0. The van der Waals surface area contributed by atoms with Gasteiger partial charge in [0, 0.05) is 11.1 Å². The van der Waals surface area contributed by atoms with Crippen molar-refractivity contribution in [2.75, 3.05) is 0 Å². The third-order valence-corrected chi connectivity index (χ3v) is 11.1. The zero-order valence-electron chi connectivity index (χ0n) is 16.4. The summed E-state index contributed by atoms with van der Waals surface area (Å²) in [6, 6.07) is 31.2. The largest absolute Gasteiger partial charge is 0.294 e. The van der Waals surface area contributed by atoms with Crippen molar-refractivity contribution in [2.45, 2.75) is 32.4 Å². The quantitative estimate of drug-likeness (QED) is 0.413. The Labute approximate surface area is 164 Å². The van der Waals surface area contributed by atoms with E-state index in [0.29, 0.717) is 5.92 Å². The van der Waals surface area contributed by atoms with Crippen LogP contribution in [0.5, 0.6) is 0 Å². The molecule has 2 heteroatoms. The summed E-state index contributed by atoms with van der Waals surface area (Å²) < 4.78 is 0. The lowest BCUT2D eigenvalue weighted by molar-refractivity contribution is 0.0961. The molecule has 0 saturated heterocycles. The van der Waals surface area contributed by atoms with Gasteiger partial charge in [0.15, 0.2) is 5.78 Å². The first-order chi connectivity index (χ1) is 13.1. The highest BCUT2D eigenvalue weighted by Crippen LogP contribution is 2.35. The molecular formula is C25H28OSi. The van der Waals surface area contributed by atoms with Crippen molar-refractivity contribution in [3.8, 4) is 0 Å². The maximum Gasteiger partial charge on any atom is 0.164 e. The Morgan fingerprint density at radius 3 is 1.59 bits per heavy atom. The first-order valence-corrected chi connectivity index (χ1v) is 12.4. The topological polar surface area (TPSA) is 17.1 Å². The highest BCUT2D eigenvalue weighted by atomic mass is 28.3. The minimum Gasteiger partial charge on any atom is -0.294 e. The van der Waals surface area contributed by atoms with E-state index in [2.05, 4.69) is 81.1 Å².